The number of aliphatic carboxylic acids is 1. The third-order valence-electron chi connectivity index (χ3n) is 3.39. The molecule has 18 heavy (non-hydrogen) atoms. The first-order valence-electron chi connectivity index (χ1n) is 6.21. The van der Waals surface area contributed by atoms with Gasteiger partial charge in [0.25, 0.3) is 0 Å². The van der Waals surface area contributed by atoms with Gasteiger partial charge in [0, 0.05) is 12.0 Å². The van der Waals surface area contributed by atoms with Gasteiger partial charge in [0.05, 0.1) is 6.04 Å². The molecule has 1 atom stereocenters. The Morgan fingerprint density at radius 1 is 1.28 bits per heavy atom. The molecule has 1 aromatic carbocycles. The summed E-state index contributed by atoms with van der Waals surface area (Å²) in [5.74, 6) is -1.09. The molecule has 0 aromatic heterocycles. The lowest BCUT2D eigenvalue weighted by Crippen LogP contribution is -2.31. The van der Waals surface area contributed by atoms with Gasteiger partial charge in [0.2, 0.25) is 0 Å². The Morgan fingerprint density at radius 3 is 2.72 bits per heavy atom. The molecule has 1 aliphatic carbocycles. The number of ketones is 1. The van der Waals surface area contributed by atoms with Gasteiger partial charge in [-0.1, -0.05) is 12.1 Å². The Hall–Kier alpha value is -1.68. The van der Waals surface area contributed by atoms with Crippen molar-refractivity contribution in [2.24, 2.45) is 5.73 Å². The lowest BCUT2D eigenvalue weighted by atomic mass is 9.98. The van der Waals surface area contributed by atoms with E-state index in [0.29, 0.717) is 5.56 Å². The number of benzene rings is 1. The summed E-state index contributed by atoms with van der Waals surface area (Å²) in [4.78, 5) is 22.5. The fraction of sp³-hybridized carbons (Fsp3) is 0.429. The van der Waals surface area contributed by atoms with Crippen LogP contribution in [0.25, 0.3) is 0 Å². The van der Waals surface area contributed by atoms with Crippen molar-refractivity contribution in [3.63, 3.8) is 0 Å². The standard InChI is InChI=1S/C14H17NO3/c15-12(6-7-13(16)17)14(18)11-5-4-9-2-1-3-10(9)8-11/h4-5,8,12H,1-3,6-7,15H2,(H,16,17). The molecular weight excluding hydrogens is 230 g/mol. The Bertz CT molecular complexity index is 482. The predicted octanol–water partition coefficient (Wildman–Crippen LogP) is 1.55. The van der Waals surface area contributed by atoms with E-state index in [1.165, 1.54) is 11.1 Å². The van der Waals surface area contributed by atoms with Crippen molar-refractivity contribution >= 4 is 11.8 Å². The molecule has 1 unspecified atom stereocenters. The zero-order valence-electron chi connectivity index (χ0n) is 10.2. The summed E-state index contributed by atoms with van der Waals surface area (Å²) in [5.41, 5.74) is 8.87. The molecule has 0 amide bonds. The molecule has 4 heteroatoms. The Balaban J connectivity index is 2.06. The maximum atomic E-state index is 12.0. The number of carboxylic acid groups (broad SMARTS) is 1. The second kappa shape index (κ2) is 5.31. The van der Waals surface area contributed by atoms with Crippen LogP contribution >= 0.6 is 0 Å². The van der Waals surface area contributed by atoms with Crippen LogP contribution in [0.3, 0.4) is 0 Å². The number of nitrogens with two attached hydrogens (primary N) is 1. The quantitative estimate of drug-likeness (QED) is 0.773. The van der Waals surface area contributed by atoms with Gasteiger partial charge < -0.3 is 10.8 Å². The summed E-state index contributed by atoms with van der Waals surface area (Å²) >= 11 is 0. The molecule has 1 aliphatic rings. The second-order valence-electron chi connectivity index (χ2n) is 4.74. The van der Waals surface area contributed by atoms with Crippen LogP contribution in [0.5, 0.6) is 0 Å². The van der Waals surface area contributed by atoms with Gasteiger partial charge in [-0.3, -0.25) is 9.59 Å². The number of rotatable bonds is 5. The Morgan fingerprint density at radius 2 is 2.00 bits per heavy atom. The molecule has 0 radical (unpaired) electrons. The zero-order valence-corrected chi connectivity index (χ0v) is 10.2. The van der Waals surface area contributed by atoms with E-state index in [2.05, 4.69) is 0 Å². The van der Waals surface area contributed by atoms with Crippen LogP contribution in [-0.2, 0) is 17.6 Å². The van der Waals surface area contributed by atoms with Gasteiger partial charge in [0.15, 0.2) is 5.78 Å². The second-order valence-corrected chi connectivity index (χ2v) is 4.74. The third-order valence-corrected chi connectivity index (χ3v) is 3.39. The fourth-order valence-corrected chi connectivity index (χ4v) is 2.35. The molecule has 0 saturated carbocycles. The number of hydrogen-bond acceptors (Lipinski definition) is 3. The lowest BCUT2D eigenvalue weighted by Gasteiger charge is -2.10. The molecule has 0 spiro atoms. The maximum Gasteiger partial charge on any atom is 0.303 e. The predicted molar refractivity (Wildman–Crippen MR) is 67.6 cm³/mol. The Labute approximate surface area is 106 Å². The number of carbonyl (C=O) groups excluding carboxylic acids is 1. The van der Waals surface area contributed by atoms with Crippen molar-refractivity contribution in [1.82, 2.24) is 0 Å². The average molecular weight is 247 g/mol. The van der Waals surface area contributed by atoms with Crippen LogP contribution in [0.4, 0.5) is 0 Å². The van der Waals surface area contributed by atoms with Crippen LogP contribution in [0.2, 0.25) is 0 Å². The van der Waals surface area contributed by atoms with E-state index in [1.807, 2.05) is 12.1 Å². The van der Waals surface area contributed by atoms with Crippen LogP contribution in [0.15, 0.2) is 18.2 Å². The van der Waals surface area contributed by atoms with E-state index >= 15 is 0 Å². The van der Waals surface area contributed by atoms with Crippen molar-refractivity contribution in [2.75, 3.05) is 0 Å². The van der Waals surface area contributed by atoms with Crippen LogP contribution < -0.4 is 5.73 Å². The van der Waals surface area contributed by atoms with Gasteiger partial charge in [-0.05, 0) is 42.9 Å². The number of fused-ring (bicyclic) bond motifs is 1. The van der Waals surface area contributed by atoms with E-state index in [9.17, 15) is 9.59 Å². The molecule has 3 N–H and O–H groups in total. The molecule has 0 bridgehead atoms. The Kier molecular flexibility index (Phi) is 3.77. The monoisotopic (exact) mass is 247 g/mol. The average Bonchev–Trinajstić information content (AvgIpc) is 2.81. The highest BCUT2D eigenvalue weighted by molar-refractivity contribution is 6.00. The highest BCUT2D eigenvalue weighted by Gasteiger charge is 2.19. The molecular formula is C14H17NO3. The van der Waals surface area contributed by atoms with Crippen molar-refractivity contribution < 1.29 is 14.7 Å². The first-order chi connectivity index (χ1) is 8.58. The molecule has 0 saturated heterocycles. The lowest BCUT2D eigenvalue weighted by molar-refractivity contribution is -0.137. The van der Waals surface area contributed by atoms with Gasteiger partial charge in [-0.15, -0.1) is 0 Å². The highest BCUT2D eigenvalue weighted by atomic mass is 16.4. The van der Waals surface area contributed by atoms with Crippen LogP contribution in [-0.4, -0.2) is 22.9 Å². The number of aryl methyl sites for hydroxylation is 2. The number of carbonyl (C=O) groups is 2. The molecule has 0 fully saturated rings. The minimum atomic E-state index is -0.924. The first kappa shape index (κ1) is 12.8. The van der Waals surface area contributed by atoms with Crippen LogP contribution in [0, 0.1) is 0 Å². The minimum Gasteiger partial charge on any atom is -0.481 e. The molecule has 2 rings (SSSR count). The molecule has 4 nitrogen and oxygen atoms in total. The smallest absolute Gasteiger partial charge is 0.303 e. The van der Waals surface area contributed by atoms with Crippen molar-refractivity contribution in [2.45, 2.75) is 38.1 Å². The largest absolute Gasteiger partial charge is 0.481 e. The van der Waals surface area contributed by atoms with E-state index in [4.69, 9.17) is 10.8 Å². The fourth-order valence-electron chi connectivity index (χ4n) is 2.35. The number of carboxylic acids is 1. The molecule has 1 aromatic rings. The topological polar surface area (TPSA) is 80.4 Å². The summed E-state index contributed by atoms with van der Waals surface area (Å²) in [6.45, 7) is 0. The van der Waals surface area contributed by atoms with Crippen molar-refractivity contribution in [1.29, 1.82) is 0 Å². The first-order valence-corrected chi connectivity index (χ1v) is 6.21. The summed E-state index contributed by atoms with van der Waals surface area (Å²) in [6, 6.07) is 4.97. The van der Waals surface area contributed by atoms with Crippen molar-refractivity contribution in [3.8, 4) is 0 Å². The maximum absolute atomic E-state index is 12.0. The van der Waals surface area contributed by atoms with Gasteiger partial charge in [-0.2, -0.15) is 0 Å². The highest BCUT2D eigenvalue weighted by Crippen LogP contribution is 2.23. The zero-order chi connectivity index (χ0) is 13.1. The van der Waals surface area contributed by atoms with E-state index in [1.54, 1.807) is 6.07 Å². The molecule has 0 aliphatic heterocycles. The van der Waals surface area contributed by atoms with E-state index in [-0.39, 0.29) is 18.6 Å². The molecule has 0 heterocycles. The van der Waals surface area contributed by atoms with E-state index < -0.39 is 12.0 Å². The normalized spacial score (nSPS) is 15.2. The van der Waals surface area contributed by atoms with Gasteiger partial charge in [0.1, 0.15) is 0 Å². The number of hydrogen-bond donors (Lipinski definition) is 2. The third kappa shape index (κ3) is 2.76. The number of Topliss-reactive ketones (excluding diaryl/α,β-unsaturated/α-hetero) is 1. The summed E-state index contributed by atoms with van der Waals surface area (Å²) < 4.78 is 0. The van der Waals surface area contributed by atoms with Crippen molar-refractivity contribution in [3.05, 3.63) is 34.9 Å². The summed E-state index contributed by atoms with van der Waals surface area (Å²) in [6.07, 6.45) is 3.34. The summed E-state index contributed by atoms with van der Waals surface area (Å²) in [5, 5.41) is 8.57. The molecule has 96 valence electrons. The van der Waals surface area contributed by atoms with Crippen LogP contribution in [0.1, 0.15) is 40.7 Å². The summed E-state index contributed by atoms with van der Waals surface area (Å²) in [7, 11) is 0. The van der Waals surface area contributed by atoms with Gasteiger partial charge in [-0.25, -0.2) is 0 Å². The SMILES string of the molecule is NC(CCC(=O)O)C(=O)c1ccc2c(c1)CCC2. The van der Waals surface area contributed by atoms with Gasteiger partial charge >= 0.3 is 5.97 Å². The minimum absolute atomic E-state index is 0.0716. The van der Waals surface area contributed by atoms with E-state index in [0.717, 1.165) is 19.3 Å².